The van der Waals surface area contributed by atoms with E-state index >= 15 is 0 Å². The molecule has 0 spiro atoms. The fraction of sp³-hybridized carbons (Fsp3) is 0.200. The Morgan fingerprint density at radius 1 is 1.25 bits per heavy atom. The van der Waals surface area contributed by atoms with Gasteiger partial charge in [-0.25, -0.2) is 8.42 Å². The van der Waals surface area contributed by atoms with E-state index in [0.29, 0.717) is 24.6 Å². The quantitative estimate of drug-likeness (QED) is 0.671. The van der Waals surface area contributed by atoms with Crippen molar-refractivity contribution >= 4 is 27.1 Å². The molecule has 0 aliphatic carbocycles. The Morgan fingerprint density at radius 2 is 2.04 bits per heavy atom. The van der Waals surface area contributed by atoms with E-state index in [4.69, 9.17) is 4.74 Å². The molecule has 24 heavy (non-hydrogen) atoms. The van der Waals surface area contributed by atoms with Crippen molar-refractivity contribution in [1.29, 1.82) is 0 Å². The van der Waals surface area contributed by atoms with Crippen molar-refractivity contribution in [1.82, 2.24) is 0 Å². The van der Waals surface area contributed by atoms with Gasteiger partial charge >= 0.3 is 0 Å². The molecule has 0 atom stereocenters. The molecule has 3 rings (SSSR count). The third-order valence-corrected chi connectivity index (χ3v) is 5.02. The van der Waals surface area contributed by atoms with E-state index in [0.717, 1.165) is 11.8 Å². The number of hydrogen-bond donors (Lipinski definition) is 1. The summed E-state index contributed by atoms with van der Waals surface area (Å²) in [5, 5.41) is 10.8. The Labute approximate surface area is 138 Å². The molecule has 9 heteroatoms. The largest absolute Gasteiger partial charge is 0.490 e. The van der Waals surface area contributed by atoms with Crippen LogP contribution in [-0.4, -0.2) is 33.5 Å². The molecule has 0 saturated carbocycles. The summed E-state index contributed by atoms with van der Waals surface area (Å²) in [7, 11) is -2.04. The van der Waals surface area contributed by atoms with E-state index in [-0.39, 0.29) is 10.6 Å². The summed E-state index contributed by atoms with van der Waals surface area (Å²) in [6.07, 6.45) is 0. The zero-order chi connectivity index (χ0) is 17.3. The van der Waals surface area contributed by atoms with Gasteiger partial charge in [-0.3, -0.25) is 14.8 Å². The molecule has 1 N–H and O–H groups in total. The highest BCUT2D eigenvalue weighted by atomic mass is 32.2. The highest BCUT2D eigenvalue weighted by Gasteiger charge is 2.20. The minimum atomic E-state index is -3.93. The fourth-order valence-electron chi connectivity index (χ4n) is 2.39. The lowest BCUT2D eigenvalue weighted by atomic mass is 10.2. The molecule has 1 aliphatic heterocycles. The van der Waals surface area contributed by atoms with E-state index in [1.807, 2.05) is 11.9 Å². The molecule has 8 nitrogen and oxygen atoms in total. The van der Waals surface area contributed by atoms with Crippen LogP contribution >= 0.6 is 0 Å². The second-order valence-corrected chi connectivity index (χ2v) is 6.99. The monoisotopic (exact) mass is 349 g/mol. The van der Waals surface area contributed by atoms with Crippen LogP contribution in [0.1, 0.15) is 0 Å². The lowest BCUT2D eigenvalue weighted by Crippen LogP contribution is -2.28. The minimum Gasteiger partial charge on any atom is -0.490 e. The van der Waals surface area contributed by atoms with Crippen molar-refractivity contribution in [3.8, 4) is 5.75 Å². The molecule has 0 aromatic heterocycles. The summed E-state index contributed by atoms with van der Waals surface area (Å²) < 4.78 is 32.8. The number of nitrogens with one attached hydrogen (secondary N) is 1. The highest BCUT2D eigenvalue weighted by molar-refractivity contribution is 7.92. The first-order valence-corrected chi connectivity index (χ1v) is 8.60. The lowest BCUT2D eigenvalue weighted by Gasteiger charge is -2.28. The van der Waals surface area contributed by atoms with Crippen LogP contribution in [0.2, 0.25) is 0 Å². The molecule has 0 saturated heterocycles. The van der Waals surface area contributed by atoms with Crippen LogP contribution in [0, 0.1) is 10.1 Å². The van der Waals surface area contributed by atoms with Crippen LogP contribution in [-0.2, 0) is 10.0 Å². The summed E-state index contributed by atoms with van der Waals surface area (Å²) in [5.74, 6) is 0.682. The van der Waals surface area contributed by atoms with Crippen molar-refractivity contribution in [3.05, 3.63) is 52.6 Å². The second-order valence-electron chi connectivity index (χ2n) is 5.31. The predicted octanol–water partition coefficient (Wildman–Crippen LogP) is 2.22. The maximum atomic E-state index is 12.4. The summed E-state index contributed by atoms with van der Waals surface area (Å²) in [6, 6.07) is 9.86. The van der Waals surface area contributed by atoms with Crippen LogP contribution in [0.25, 0.3) is 0 Å². The van der Waals surface area contributed by atoms with Gasteiger partial charge < -0.3 is 9.64 Å². The first-order chi connectivity index (χ1) is 11.4. The first-order valence-electron chi connectivity index (χ1n) is 7.12. The number of sulfonamides is 1. The van der Waals surface area contributed by atoms with Gasteiger partial charge in [0.1, 0.15) is 12.4 Å². The summed E-state index contributed by atoms with van der Waals surface area (Å²) in [6.45, 7) is 1.27. The maximum absolute atomic E-state index is 12.4. The fourth-order valence-corrected chi connectivity index (χ4v) is 3.48. The van der Waals surface area contributed by atoms with Gasteiger partial charge in [-0.1, -0.05) is 6.07 Å². The van der Waals surface area contributed by atoms with Crippen molar-refractivity contribution in [2.75, 3.05) is 29.8 Å². The Kier molecular flexibility index (Phi) is 4.02. The highest BCUT2D eigenvalue weighted by Crippen LogP contribution is 2.34. The van der Waals surface area contributed by atoms with Gasteiger partial charge in [0.2, 0.25) is 0 Å². The summed E-state index contributed by atoms with van der Waals surface area (Å²) >= 11 is 0. The van der Waals surface area contributed by atoms with Crippen molar-refractivity contribution in [2.24, 2.45) is 0 Å². The Hall–Kier alpha value is -2.81. The molecule has 0 unspecified atom stereocenters. The van der Waals surface area contributed by atoms with Crippen LogP contribution < -0.4 is 14.4 Å². The standard InChI is InChI=1S/C15H15N3O5S/c1-17-7-8-23-15-6-5-11(9-14(15)17)16-24(21,22)13-4-2-3-12(10-13)18(19)20/h2-6,9-10,16H,7-8H2,1H3. The molecule has 126 valence electrons. The molecule has 0 radical (unpaired) electrons. The van der Waals surface area contributed by atoms with Gasteiger partial charge in [-0.05, 0) is 24.3 Å². The Morgan fingerprint density at radius 3 is 2.79 bits per heavy atom. The van der Waals surface area contributed by atoms with Crippen LogP contribution in [0.3, 0.4) is 0 Å². The van der Waals surface area contributed by atoms with Gasteiger partial charge in [0.25, 0.3) is 15.7 Å². The molecule has 0 fully saturated rings. The van der Waals surface area contributed by atoms with Crippen molar-refractivity contribution in [2.45, 2.75) is 4.90 Å². The van der Waals surface area contributed by atoms with E-state index in [9.17, 15) is 18.5 Å². The number of non-ortho nitro benzene ring substituents is 1. The molecule has 2 aromatic rings. The number of rotatable bonds is 4. The summed E-state index contributed by atoms with van der Waals surface area (Å²) in [5.41, 5.74) is 0.856. The number of hydrogen-bond acceptors (Lipinski definition) is 6. The number of benzene rings is 2. The molecule has 0 amide bonds. The van der Waals surface area contributed by atoms with E-state index < -0.39 is 14.9 Å². The van der Waals surface area contributed by atoms with Crippen molar-refractivity contribution < 1.29 is 18.1 Å². The third-order valence-electron chi connectivity index (χ3n) is 3.65. The van der Waals surface area contributed by atoms with Crippen LogP contribution in [0.4, 0.5) is 17.1 Å². The smallest absolute Gasteiger partial charge is 0.270 e. The van der Waals surface area contributed by atoms with Crippen LogP contribution in [0.5, 0.6) is 5.75 Å². The number of anilines is 2. The van der Waals surface area contributed by atoms with Gasteiger partial charge in [0, 0.05) is 19.2 Å². The number of ether oxygens (including phenoxy) is 1. The number of nitro groups is 1. The zero-order valence-electron chi connectivity index (χ0n) is 12.8. The Balaban J connectivity index is 1.91. The predicted molar refractivity (Wildman–Crippen MR) is 89.1 cm³/mol. The van der Waals surface area contributed by atoms with E-state index in [1.54, 1.807) is 18.2 Å². The Bertz CT molecular complexity index is 898. The minimum absolute atomic E-state index is 0.168. The number of nitrogens with zero attached hydrogens (tertiary/aromatic N) is 2. The van der Waals surface area contributed by atoms with E-state index in [2.05, 4.69) is 4.72 Å². The van der Waals surface area contributed by atoms with Gasteiger partial charge in [0.05, 0.1) is 27.7 Å². The maximum Gasteiger partial charge on any atom is 0.270 e. The molecule has 0 bridgehead atoms. The van der Waals surface area contributed by atoms with Crippen molar-refractivity contribution in [3.63, 3.8) is 0 Å². The SMILES string of the molecule is CN1CCOc2ccc(NS(=O)(=O)c3cccc([N+](=O)[O-])c3)cc21. The average Bonchev–Trinajstić information content (AvgIpc) is 2.55. The summed E-state index contributed by atoms with van der Waals surface area (Å²) in [4.78, 5) is 12.0. The van der Waals surface area contributed by atoms with Gasteiger partial charge in [-0.2, -0.15) is 0 Å². The molecule has 2 aromatic carbocycles. The number of fused-ring (bicyclic) bond motifs is 1. The second kappa shape index (κ2) is 6.00. The number of likely N-dealkylation sites (N-methyl/N-ethyl adjacent to an activating group) is 1. The third kappa shape index (κ3) is 3.11. The molecular weight excluding hydrogens is 334 g/mol. The zero-order valence-corrected chi connectivity index (χ0v) is 13.6. The lowest BCUT2D eigenvalue weighted by molar-refractivity contribution is -0.385. The van der Waals surface area contributed by atoms with Gasteiger partial charge in [0.15, 0.2) is 0 Å². The molecule has 1 aliphatic rings. The van der Waals surface area contributed by atoms with Crippen LogP contribution in [0.15, 0.2) is 47.4 Å². The number of nitro benzene ring substituents is 1. The van der Waals surface area contributed by atoms with E-state index in [1.165, 1.54) is 18.2 Å². The average molecular weight is 349 g/mol. The molecular formula is C15H15N3O5S. The van der Waals surface area contributed by atoms with Gasteiger partial charge in [-0.15, -0.1) is 0 Å². The first kappa shape index (κ1) is 16.1. The molecule has 1 heterocycles. The topological polar surface area (TPSA) is 102 Å². The normalized spacial score (nSPS) is 13.8.